The molecule has 0 aliphatic heterocycles. The first-order chi connectivity index (χ1) is 11.6. The van der Waals surface area contributed by atoms with Crippen molar-refractivity contribution in [2.24, 2.45) is 0 Å². The Labute approximate surface area is 137 Å². The predicted molar refractivity (Wildman–Crippen MR) is 76.6 cm³/mol. The Bertz CT molecular complexity index is 682. The number of anilines is 2. The number of nitrogens with one attached hydrogen (secondary N) is 2. The van der Waals surface area contributed by atoms with Crippen molar-refractivity contribution in [2.75, 3.05) is 11.0 Å². The van der Waals surface area contributed by atoms with Gasteiger partial charge >= 0.3 is 12.4 Å². The Hall–Kier alpha value is -2.46. The molecule has 4 N–H and O–H groups in total. The molecule has 0 fully saturated rings. The highest BCUT2D eigenvalue weighted by Gasteiger charge is 2.73. The average molecular weight is 366 g/mol. The molecule has 4 nitrogen and oxygen atoms in total. The molecule has 0 aromatic heterocycles. The van der Waals surface area contributed by atoms with E-state index in [1.54, 1.807) is 0 Å². The number of para-hydroxylation sites is 2. The fraction of sp³-hybridized carbons (Fsp3) is 0.200. The molecule has 0 bridgehead atoms. The highest BCUT2D eigenvalue weighted by Crippen LogP contribution is 2.59. The molecule has 0 amide bonds. The molecule has 0 aliphatic carbocycles. The Morgan fingerprint density at radius 1 is 0.600 bits per heavy atom. The van der Waals surface area contributed by atoms with Crippen molar-refractivity contribution in [3.05, 3.63) is 59.7 Å². The van der Waals surface area contributed by atoms with Gasteiger partial charge < -0.3 is 0 Å². The zero-order valence-corrected chi connectivity index (χ0v) is 12.3. The van der Waals surface area contributed by atoms with Crippen molar-refractivity contribution in [1.82, 2.24) is 0 Å². The van der Waals surface area contributed by atoms with Gasteiger partial charge in [0.1, 0.15) is 0 Å². The lowest BCUT2D eigenvalue weighted by atomic mass is 9.71. The lowest BCUT2D eigenvalue weighted by Crippen LogP contribution is -2.55. The van der Waals surface area contributed by atoms with E-state index in [2.05, 4.69) is 0 Å². The quantitative estimate of drug-likeness (QED) is 0.468. The smallest absolute Gasteiger partial charge is 0.291 e. The van der Waals surface area contributed by atoms with E-state index in [1.165, 1.54) is 11.0 Å². The van der Waals surface area contributed by atoms with Crippen LogP contribution in [0.25, 0.3) is 0 Å². The van der Waals surface area contributed by atoms with Gasteiger partial charge in [-0.05, 0) is 12.1 Å². The third-order valence-electron chi connectivity index (χ3n) is 3.75. The van der Waals surface area contributed by atoms with Gasteiger partial charge in [-0.2, -0.15) is 26.3 Å². The van der Waals surface area contributed by atoms with Gasteiger partial charge in [0.25, 0.3) is 0 Å². The minimum absolute atomic E-state index is 0.605. The van der Waals surface area contributed by atoms with E-state index in [0.29, 0.717) is 12.1 Å². The summed E-state index contributed by atoms with van der Waals surface area (Å²) in [5.41, 5.74) is -5.84. The van der Waals surface area contributed by atoms with Crippen molar-refractivity contribution >= 4 is 11.4 Å². The second-order valence-electron chi connectivity index (χ2n) is 5.06. The van der Waals surface area contributed by atoms with Crippen LogP contribution >= 0.6 is 0 Å². The number of halogens is 6. The molecule has 2 aromatic rings. The van der Waals surface area contributed by atoms with E-state index in [9.17, 15) is 26.3 Å². The fourth-order valence-electron chi connectivity index (χ4n) is 2.73. The maximum atomic E-state index is 13.9. The van der Waals surface area contributed by atoms with Crippen LogP contribution in [0.2, 0.25) is 0 Å². The van der Waals surface area contributed by atoms with E-state index in [4.69, 9.17) is 10.4 Å². The molecule has 0 spiro atoms. The van der Waals surface area contributed by atoms with Gasteiger partial charge in [-0.1, -0.05) is 36.4 Å². The molecule has 2 aromatic carbocycles. The summed E-state index contributed by atoms with van der Waals surface area (Å²) in [4.78, 5) is 0. The summed E-state index contributed by atoms with van der Waals surface area (Å²) in [5.74, 6) is 0. The molecule has 0 aliphatic rings. The average Bonchev–Trinajstić information content (AvgIpc) is 2.53. The van der Waals surface area contributed by atoms with Crippen LogP contribution in [0.1, 0.15) is 11.1 Å². The minimum Gasteiger partial charge on any atom is -0.291 e. The standard InChI is InChI=1S/C15H12F6N2O2/c16-14(17,18)13(15(19,20)21,9-5-1-3-7-11(9)22-24)10-6-2-4-8-12(10)23-25/h1-8,22-25H. The van der Waals surface area contributed by atoms with Gasteiger partial charge in [-0.3, -0.25) is 21.4 Å². The van der Waals surface area contributed by atoms with Gasteiger partial charge in [0.15, 0.2) is 0 Å². The van der Waals surface area contributed by atoms with Crippen molar-refractivity contribution in [1.29, 1.82) is 0 Å². The molecule has 0 radical (unpaired) electrons. The van der Waals surface area contributed by atoms with Crippen LogP contribution in [0.3, 0.4) is 0 Å². The van der Waals surface area contributed by atoms with Gasteiger partial charge in [0.2, 0.25) is 5.41 Å². The SMILES string of the molecule is ONc1ccccc1C(c1ccccc1NO)(C(F)(F)F)C(F)(F)F. The third-order valence-corrected chi connectivity index (χ3v) is 3.75. The second-order valence-corrected chi connectivity index (χ2v) is 5.06. The van der Waals surface area contributed by atoms with Crippen LogP contribution < -0.4 is 11.0 Å². The Kier molecular flexibility index (Phi) is 4.87. The first-order valence-corrected chi connectivity index (χ1v) is 6.74. The van der Waals surface area contributed by atoms with Crippen LogP contribution in [0, 0.1) is 0 Å². The van der Waals surface area contributed by atoms with Crippen molar-refractivity contribution in [3.63, 3.8) is 0 Å². The van der Waals surface area contributed by atoms with Gasteiger partial charge in [-0.15, -0.1) is 0 Å². The normalized spacial score (nSPS) is 12.8. The second kappa shape index (κ2) is 6.45. The first-order valence-electron chi connectivity index (χ1n) is 6.74. The summed E-state index contributed by atoms with van der Waals surface area (Å²) in [7, 11) is 0. The van der Waals surface area contributed by atoms with E-state index < -0.39 is 40.3 Å². The summed E-state index contributed by atoms with van der Waals surface area (Å²) in [6, 6.07) is 7.24. The molecule has 2 rings (SSSR count). The Balaban J connectivity index is 3.04. The van der Waals surface area contributed by atoms with Crippen molar-refractivity contribution in [2.45, 2.75) is 17.8 Å². The zero-order valence-electron chi connectivity index (χ0n) is 12.3. The topological polar surface area (TPSA) is 64.5 Å². The van der Waals surface area contributed by atoms with Gasteiger partial charge in [0, 0.05) is 11.1 Å². The summed E-state index contributed by atoms with van der Waals surface area (Å²) < 4.78 is 83.6. The van der Waals surface area contributed by atoms with Crippen LogP contribution in [-0.4, -0.2) is 22.8 Å². The molecule has 0 saturated carbocycles. The molecule has 0 unspecified atom stereocenters. The first kappa shape index (κ1) is 18.9. The lowest BCUT2D eigenvalue weighted by Gasteiger charge is -2.39. The number of rotatable bonds is 4. The molecule has 0 saturated heterocycles. The number of hydrogen-bond acceptors (Lipinski definition) is 4. The van der Waals surface area contributed by atoms with Gasteiger partial charge in [-0.25, -0.2) is 0 Å². The number of hydrogen-bond donors (Lipinski definition) is 4. The molecular formula is C15H12F6N2O2. The number of benzene rings is 2. The Morgan fingerprint density at radius 3 is 1.20 bits per heavy atom. The fourth-order valence-corrected chi connectivity index (χ4v) is 2.73. The van der Waals surface area contributed by atoms with Crippen LogP contribution in [0.15, 0.2) is 48.5 Å². The summed E-state index contributed by atoms with van der Waals surface area (Å²) >= 11 is 0. The van der Waals surface area contributed by atoms with E-state index >= 15 is 0 Å². The largest absolute Gasteiger partial charge is 0.411 e. The summed E-state index contributed by atoms with van der Waals surface area (Å²) in [6.45, 7) is 0. The molecule has 136 valence electrons. The lowest BCUT2D eigenvalue weighted by molar-refractivity contribution is -0.288. The molecular weight excluding hydrogens is 354 g/mol. The Morgan fingerprint density at radius 2 is 0.920 bits per heavy atom. The van der Waals surface area contributed by atoms with Crippen LogP contribution in [0.5, 0.6) is 0 Å². The highest BCUT2D eigenvalue weighted by atomic mass is 19.4. The highest BCUT2D eigenvalue weighted by molar-refractivity contribution is 5.65. The van der Waals surface area contributed by atoms with Gasteiger partial charge in [0.05, 0.1) is 11.4 Å². The van der Waals surface area contributed by atoms with Crippen molar-refractivity contribution in [3.8, 4) is 0 Å². The maximum Gasteiger partial charge on any atom is 0.411 e. The maximum absolute atomic E-state index is 13.9. The van der Waals surface area contributed by atoms with Crippen LogP contribution in [-0.2, 0) is 5.41 Å². The minimum atomic E-state index is -5.84. The zero-order chi connectivity index (χ0) is 18.9. The van der Waals surface area contributed by atoms with Crippen LogP contribution in [0.4, 0.5) is 37.7 Å². The van der Waals surface area contributed by atoms with E-state index in [0.717, 1.165) is 36.4 Å². The van der Waals surface area contributed by atoms with E-state index in [1.807, 2.05) is 0 Å². The third kappa shape index (κ3) is 2.87. The molecule has 0 atom stereocenters. The molecule has 25 heavy (non-hydrogen) atoms. The molecule has 0 heterocycles. The van der Waals surface area contributed by atoms with Crippen molar-refractivity contribution < 1.29 is 36.8 Å². The van der Waals surface area contributed by atoms with E-state index in [-0.39, 0.29) is 0 Å². The predicted octanol–water partition coefficient (Wildman–Crippen LogP) is 4.70. The number of alkyl halides is 6. The molecule has 10 heteroatoms. The summed E-state index contributed by atoms with van der Waals surface area (Å²) in [6.07, 6.45) is -11.7. The summed E-state index contributed by atoms with van der Waals surface area (Å²) in [5, 5.41) is 18.1. The monoisotopic (exact) mass is 366 g/mol.